The number of hydrogen-bond acceptors (Lipinski definition) is 4. The minimum atomic E-state index is 0.271. The molecule has 78 valence electrons. The van der Waals surface area contributed by atoms with E-state index < -0.39 is 0 Å². The predicted molar refractivity (Wildman–Crippen MR) is 53.8 cm³/mol. The van der Waals surface area contributed by atoms with Crippen molar-refractivity contribution in [2.24, 2.45) is 7.05 Å². The highest BCUT2D eigenvalue weighted by Gasteiger charge is 2.19. The van der Waals surface area contributed by atoms with Gasteiger partial charge in [0.25, 0.3) is 0 Å². The Morgan fingerprint density at radius 2 is 2.57 bits per heavy atom. The molecule has 2 unspecified atom stereocenters. The molecular formula is C9H17N5. The Morgan fingerprint density at radius 1 is 1.71 bits per heavy atom. The summed E-state index contributed by atoms with van der Waals surface area (Å²) in [5, 5.41) is 14.8. The number of aryl methyl sites for hydroxylation is 1. The van der Waals surface area contributed by atoms with Crippen LogP contribution in [0.3, 0.4) is 0 Å². The SMILES string of the molecule is CC(NC1CCNC1)c1nncn1C. The van der Waals surface area contributed by atoms with E-state index in [9.17, 15) is 0 Å². The van der Waals surface area contributed by atoms with E-state index in [2.05, 4.69) is 27.8 Å². The molecular weight excluding hydrogens is 178 g/mol. The highest BCUT2D eigenvalue weighted by Crippen LogP contribution is 2.10. The molecule has 2 rings (SSSR count). The van der Waals surface area contributed by atoms with Crippen molar-refractivity contribution >= 4 is 0 Å². The first-order valence-corrected chi connectivity index (χ1v) is 5.08. The number of nitrogens with one attached hydrogen (secondary N) is 2. The maximum Gasteiger partial charge on any atom is 0.149 e. The van der Waals surface area contributed by atoms with Crippen LogP contribution >= 0.6 is 0 Å². The van der Waals surface area contributed by atoms with Crippen LogP contribution in [0, 0.1) is 0 Å². The van der Waals surface area contributed by atoms with Gasteiger partial charge in [0.2, 0.25) is 0 Å². The molecule has 0 aliphatic carbocycles. The van der Waals surface area contributed by atoms with Gasteiger partial charge < -0.3 is 15.2 Å². The molecule has 1 aromatic rings. The molecule has 0 radical (unpaired) electrons. The molecule has 5 heteroatoms. The van der Waals surface area contributed by atoms with Gasteiger partial charge in [-0.2, -0.15) is 0 Å². The Bertz CT molecular complexity index is 289. The van der Waals surface area contributed by atoms with Gasteiger partial charge in [-0.3, -0.25) is 0 Å². The Kier molecular flexibility index (Phi) is 2.79. The molecule has 0 bridgehead atoms. The van der Waals surface area contributed by atoms with Gasteiger partial charge >= 0.3 is 0 Å². The normalized spacial score (nSPS) is 24.0. The van der Waals surface area contributed by atoms with Crippen molar-refractivity contribution < 1.29 is 0 Å². The summed E-state index contributed by atoms with van der Waals surface area (Å²) in [6.07, 6.45) is 2.93. The summed E-state index contributed by atoms with van der Waals surface area (Å²) in [5.41, 5.74) is 0. The maximum absolute atomic E-state index is 4.09. The largest absolute Gasteiger partial charge is 0.319 e. The molecule has 0 saturated carbocycles. The number of hydrogen-bond donors (Lipinski definition) is 2. The van der Waals surface area contributed by atoms with Crippen LogP contribution < -0.4 is 10.6 Å². The summed E-state index contributed by atoms with van der Waals surface area (Å²) in [5.74, 6) is 0.997. The minimum absolute atomic E-state index is 0.271. The molecule has 5 nitrogen and oxygen atoms in total. The Morgan fingerprint density at radius 3 is 3.14 bits per heavy atom. The first kappa shape index (κ1) is 9.61. The zero-order chi connectivity index (χ0) is 9.97. The van der Waals surface area contributed by atoms with Crippen LogP contribution in [0.4, 0.5) is 0 Å². The second-order valence-electron chi connectivity index (χ2n) is 3.88. The van der Waals surface area contributed by atoms with Gasteiger partial charge in [0.05, 0.1) is 6.04 Å². The lowest BCUT2D eigenvalue weighted by atomic mass is 10.2. The van der Waals surface area contributed by atoms with Crippen LogP contribution in [-0.2, 0) is 7.05 Å². The highest BCUT2D eigenvalue weighted by molar-refractivity contribution is 4.94. The lowest BCUT2D eigenvalue weighted by Crippen LogP contribution is -2.34. The van der Waals surface area contributed by atoms with Gasteiger partial charge in [0.1, 0.15) is 12.2 Å². The molecule has 0 amide bonds. The van der Waals surface area contributed by atoms with E-state index in [1.807, 2.05) is 11.6 Å². The molecule has 2 N–H and O–H groups in total. The first-order valence-electron chi connectivity index (χ1n) is 5.08. The molecule has 1 aliphatic heterocycles. The Hall–Kier alpha value is -0.940. The molecule has 2 heterocycles. The van der Waals surface area contributed by atoms with Crippen molar-refractivity contribution in [1.82, 2.24) is 25.4 Å². The monoisotopic (exact) mass is 195 g/mol. The quantitative estimate of drug-likeness (QED) is 0.703. The van der Waals surface area contributed by atoms with Gasteiger partial charge in [-0.05, 0) is 19.9 Å². The molecule has 0 aromatic carbocycles. The third-order valence-corrected chi connectivity index (χ3v) is 2.68. The molecule has 1 saturated heterocycles. The summed E-state index contributed by atoms with van der Waals surface area (Å²) >= 11 is 0. The van der Waals surface area contributed by atoms with Crippen LogP contribution in [0.1, 0.15) is 25.2 Å². The van der Waals surface area contributed by atoms with E-state index in [-0.39, 0.29) is 6.04 Å². The summed E-state index contributed by atoms with van der Waals surface area (Å²) < 4.78 is 1.96. The van der Waals surface area contributed by atoms with Crippen molar-refractivity contribution in [2.45, 2.75) is 25.4 Å². The number of nitrogens with zero attached hydrogens (tertiary/aromatic N) is 3. The van der Waals surface area contributed by atoms with Crippen LogP contribution in [0.2, 0.25) is 0 Å². The van der Waals surface area contributed by atoms with Crippen LogP contribution in [0.25, 0.3) is 0 Å². The molecule has 1 aliphatic rings. The van der Waals surface area contributed by atoms with Gasteiger partial charge in [-0.15, -0.1) is 10.2 Å². The second-order valence-corrected chi connectivity index (χ2v) is 3.88. The molecule has 1 aromatic heterocycles. The summed E-state index contributed by atoms with van der Waals surface area (Å²) in [6.45, 7) is 4.30. The average molecular weight is 195 g/mol. The summed E-state index contributed by atoms with van der Waals surface area (Å²) in [4.78, 5) is 0. The third-order valence-electron chi connectivity index (χ3n) is 2.68. The Balaban J connectivity index is 1.95. The number of aromatic nitrogens is 3. The lowest BCUT2D eigenvalue weighted by Gasteiger charge is -2.17. The van der Waals surface area contributed by atoms with Gasteiger partial charge in [-0.1, -0.05) is 0 Å². The number of rotatable bonds is 3. The fourth-order valence-corrected chi connectivity index (χ4v) is 1.91. The maximum atomic E-state index is 4.09. The predicted octanol–water partition coefficient (Wildman–Crippen LogP) is -0.172. The fraction of sp³-hybridized carbons (Fsp3) is 0.778. The topological polar surface area (TPSA) is 54.8 Å². The van der Waals surface area contributed by atoms with Crippen LogP contribution in [-0.4, -0.2) is 33.9 Å². The lowest BCUT2D eigenvalue weighted by molar-refractivity contribution is 0.453. The highest BCUT2D eigenvalue weighted by atomic mass is 15.3. The first-order chi connectivity index (χ1) is 6.77. The zero-order valence-corrected chi connectivity index (χ0v) is 8.70. The standard InChI is InChI=1S/C9H17N5/c1-7(9-13-11-6-14(9)2)12-8-3-4-10-5-8/h6-8,10,12H,3-5H2,1-2H3. The minimum Gasteiger partial charge on any atom is -0.319 e. The van der Waals surface area contributed by atoms with Crippen LogP contribution in [0.15, 0.2) is 6.33 Å². The summed E-state index contributed by atoms with van der Waals surface area (Å²) in [7, 11) is 1.97. The van der Waals surface area contributed by atoms with Crippen LogP contribution in [0.5, 0.6) is 0 Å². The van der Waals surface area contributed by atoms with Gasteiger partial charge in [-0.25, -0.2) is 0 Å². The van der Waals surface area contributed by atoms with E-state index in [0.717, 1.165) is 18.9 Å². The smallest absolute Gasteiger partial charge is 0.149 e. The van der Waals surface area contributed by atoms with Gasteiger partial charge in [0, 0.05) is 19.6 Å². The summed E-state index contributed by atoms with van der Waals surface area (Å²) in [6, 6.07) is 0.842. The zero-order valence-electron chi connectivity index (χ0n) is 8.70. The van der Waals surface area contributed by atoms with E-state index >= 15 is 0 Å². The molecule has 0 spiro atoms. The van der Waals surface area contributed by atoms with Crippen molar-refractivity contribution in [3.05, 3.63) is 12.2 Å². The van der Waals surface area contributed by atoms with Crippen molar-refractivity contribution in [2.75, 3.05) is 13.1 Å². The van der Waals surface area contributed by atoms with E-state index in [0.29, 0.717) is 6.04 Å². The molecule has 2 atom stereocenters. The fourth-order valence-electron chi connectivity index (χ4n) is 1.91. The van der Waals surface area contributed by atoms with E-state index in [1.165, 1.54) is 6.42 Å². The van der Waals surface area contributed by atoms with Crippen molar-refractivity contribution in [3.63, 3.8) is 0 Å². The molecule has 14 heavy (non-hydrogen) atoms. The Labute approximate surface area is 83.9 Å². The van der Waals surface area contributed by atoms with E-state index in [1.54, 1.807) is 6.33 Å². The van der Waals surface area contributed by atoms with Gasteiger partial charge in [0.15, 0.2) is 0 Å². The molecule has 1 fully saturated rings. The van der Waals surface area contributed by atoms with Crippen molar-refractivity contribution in [1.29, 1.82) is 0 Å². The second kappa shape index (κ2) is 4.06. The third kappa shape index (κ3) is 1.93. The van der Waals surface area contributed by atoms with E-state index in [4.69, 9.17) is 0 Å². The average Bonchev–Trinajstić information content (AvgIpc) is 2.75. The van der Waals surface area contributed by atoms with Crippen molar-refractivity contribution in [3.8, 4) is 0 Å².